The van der Waals surface area contributed by atoms with Gasteiger partial charge in [-0.15, -0.1) is 0 Å². The minimum absolute atomic E-state index is 0.0667. The van der Waals surface area contributed by atoms with Gasteiger partial charge in [0.2, 0.25) is 15.9 Å². The topological polar surface area (TPSA) is 96.0 Å². The van der Waals surface area contributed by atoms with E-state index in [1.807, 2.05) is 31.2 Å². The van der Waals surface area contributed by atoms with Crippen LogP contribution in [-0.2, 0) is 19.6 Å². The molecule has 0 bridgehead atoms. The van der Waals surface area contributed by atoms with Crippen LogP contribution in [0.4, 0.5) is 11.4 Å². The quantitative estimate of drug-likeness (QED) is 0.783. The molecule has 164 valence electrons. The number of nitrogens with zero attached hydrogens (tertiary/aromatic N) is 2. The second-order valence-electron chi connectivity index (χ2n) is 7.93. The van der Waals surface area contributed by atoms with Crippen LogP contribution >= 0.6 is 0 Å². The number of hydrogen-bond donors (Lipinski definition) is 1. The van der Waals surface area contributed by atoms with Gasteiger partial charge in [-0.1, -0.05) is 17.7 Å². The van der Waals surface area contributed by atoms with Crippen LogP contribution in [-0.4, -0.2) is 51.3 Å². The molecule has 0 saturated carbocycles. The number of nitrogens with one attached hydrogen (secondary N) is 1. The molecule has 9 heteroatoms. The Morgan fingerprint density at radius 1 is 1.19 bits per heavy atom. The third-order valence-electron chi connectivity index (χ3n) is 5.71. The number of sulfonamides is 1. The number of amides is 2. The normalized spacial score (nSPS) is 19.2. The fourth-order valence-corrected chi connectivity index (χ4v) is 5.45. The molecule has 1 saturated heterocycles. The van der Waals surface area contributed by atoms with Crippen LogP contribution in [0.5, 0.6) is 5.75 Å². The largest absolute Gasteiger partial charge is 0.482 e. The molecule has 2 heterocycles. The van der Waals surface area contributed by atoms with Crippen molar-refractivity contribution in [1.29, 1.82) is 0 Å². The lowest BCUT2D eigenvalue weighted by molar-refractivity contribution is -0.123. The minimum atomic E-state index is -3.82. The van der Waals surface area contributed by atoms with Gasteiger partial charge in [-0.2, -0.15) is 4.31 Å². The highest BCUT2D eigenvalue weighted by molar-refractivity contribution is 7.89. The van der Waals surface area contributed by atoms with Gasteiger partial charge >= 0.3 is 0 Å². The van der Waals surface area contributed by atoms with Crippen molar-refractivity contribution >= 4 is 33.2 Å². The molecule has 0 unspecified atom stereocenters. The smallest absolute Gasteiger partial charge is 0.262 e. The summed E-state index contributed by atoms with van der Waals surface area (Å²) in [7, 11) is -2.10. The van der Waals surface area contributed by atoms with Crippen LogP contribution in [0.25, 0.3) is 0 Å². The summed E-state index contributed by atoms with van der Waals surface area (Å²) in [6, 6.07) is 12.1. The van der Waals surface area contributed by atoms with E-state index in [0.717, 1.165) is 11.3 Å². The average Bonchev–Trinajstić information content (AvgIpc) is 2.78. The van der Waals surface area contributed by atoms with Crippen molar-refractivity contribution in [2.24, 2.45) is 5.92 Å². The molecule has 4 rings (SSSR count). The summed E-state index contributed by atoms with van der Waals surface area (Å²) in [4.78, 5) is 26.3. The van der Waals surface area contributed by atoms with Crippen LogP contribution in [0, 0.1) is 12.8 Å². The molecule has 2 aliphatic heterocycles. The lowest BCUT2D eigenvalue weighted by Gasteiger charge is -2.33. The van der Waals surface area contributed by atoms with Gasteiger partial charge in [0.15, 0.2) is 6.61 Å². The molecular formula is C22H25N3O5S. The van der Waals surface area contributed by atoms with Gasteiger partial charge in [0.05, 0.1) is 16.5 Å². The monoisotopic (exact) mass is 443 g/mol. The predicted molar refractivity (Wildman–Crippen MR) is 117 cm³/mol. The number of benzene rings is 2. The van der Waals surface area contributed by atoms with Crippen LogP contribution in [0.3, 0.4) is 0 Å². The van der Waals surface area contributed by atoms with E-state index in [2.05, 4.69) is 5.32 Å². The zero-order valence-electron chi connectivity index (χ0n) is 17.5. The Kier molecular flexibility index (Phi) is 5.72. The van der Waals surface area contributed by atoms with Crippen LogP contribution in [0.15, 0.2) is 47.4 Å². The summed E-state index contributed by atoms with van der Waals surface area (Å²) in [5.41, 5.74) is 2.22. The molecular weight excluding hydrogens is 418 g/mol. The number of anilines is 2. The van der Waals surface area contributed by atoms with E-state index in [9.17, 15) is 18.0 Å². The molecule has 0 aromatic heterocycles. The van der Waals surface area contributed by atoms with E-state index in [0.29, 0.717) is 30.8 Å². The number of carbonyl (C=O) groups is 2. The van der Waals surface area contributed by atoms with Crippen molar-refractivity contribution < 1.29 is 22.7 Å². The van der Waals surface area contributed by atoms with E-state index in [4.69, 9.17) is 4.74 Å². The molecule has 1 atom stereocenters. The van der Waals surface area contributed by atoms with Gasteiger partial charge in [-0.25, -0.2) is 8.42 Å². The number of piperidine rings is 1. The number of fused-ring (bicyclic) bond motifs is 1. The summed E-state index contributed by atoms with van der Waals surface area (Å²) < 4.78 is 33.2. The van der Waals surface area contributed by atoms with Crippen molar-refractivity contribution in [1.82, 2.24) is 4.31 Å². The number of rotatable bonds is 4. The Morgan fingerprint density at radius 3 is 2.68 bits per heavy atom. The van der Waals surface area contributed by atoms with Gasteiger partial charge in [-0.3, -0.25) is 9.59 Å². The van der Waals surface area contributed by atoms with Gasteiger partial charge in [-0.05, 0) is 50.1 Å². The highest BCUT2D eigenvalue weighted by Gasteiger charge is 2.35. The first kappa shape index (κ1) is 21.3. The molecule has 0 aliphatic carbocycles. The van der Waals surface area contributed by atoms with E-state index in [1.165, 1.54) is 16.4 Å². The zero-order chi connectivity index (χ0) is 22.2. The van der Waals surface area contributed by atoms with E-state index < -0.39 is 15.9 Å². The molecule has 2 aromatic rings. The first-order valence-electron chi connectivity index (χ1n) is 10.2. The zero-order valence-corrected chi connectivity index (χ0v) is 18.3. The van der Waals surface area contributed by atoms with Gasteiger partial charge in [0, 0.05) is 25.8 Å². The molecule has 2 aliphatic rings. The lowest BCUT2D eigenvalue weighted by atomic mass is 9.98. The molecule has 1 fully saturated rings. The Labute approximate surface area is 181 Å². The maximum atomic E-state index is 13.2. The van der Waals surface area contributed by atoms with Crippen molar-refractivity contribution in [2.45, 2.75) is 24.7 Å². The average molecular weight is 444 g/mol. The molecule has 1 N–H and O–H groups in total. The fourth-order valence-electron chi connectivity index (χ4n) is 3.90. The highest BCUT2D eigenvalue weighted by atomic mass is 32.2. The SMILES string of the molecule is Cc1ccc(N(C)C(=O)[C@H]2CCCN(S(=O)(=O)c3ccc4c(c3)NC(=O)CO4)C2)cc1. The Morgan fingerprint density at radius 2 is 1.94 bits per heavy atom. The van der Waals surface area contributed by atoms with Gasteiger partial charge in [0.1, 0.15) is 5.75 Å². The Bertz CT molecular complexity index is 1110. The predicted octanol–water partition coefficient (Wildman–Crippen LogP) is 2.39. The van der Waals surface area contributed by atoms with Crippen LogP contribution in [0.1, 0.15) is 18.4 Å². The second-order valence-corrected chi connectivity index (χ2v) is 9.87. The number of hydrogen-bond acceptors (Lipinski definition) is 5. The van der Waals surface area contributed by atoms with E-state index in [1.54, 1.807) is 18.0 Å². The summed E-state index contributed by atoms with van der Waals surface area (Å²) in [5, 5.41) is 2.63. The first-order valence-corrected chi connectivity index (χ1v) is 11.6. The molecule has 0 radical (unpaired) electrons. The Balaban J connectivity index is 1.52. The molecule has 2 amide bonds. The van der Waals surface area contributed by atoms with Crippen molar-refractivity contribution in [3.8, 4) is 5.75 Å². The molecule has 0 spiro atoms. The third-order valence-corrected chi connectivity index (χ3v) is 7.57. The standard InChI is InChI=1S/C22H25N3O5S/c1-15-5-7-17(8-6-15)24(2)22(27)16-4-3-11-25(13-16)31(28,29)18-9-10-20-19(12-18)23-21(26)14-30-20/h5-10,12,16H,3-4,11,13-14H2,1-2H3,(H,23,26)/t16-/m0/s1. The number of ether oxygens (including phenoxy) is 1. The van der Waals surface area contributed by atoms with E-state index in [-0.39, 0.29) is 29.9 Å². The van der Waals surface area contributed by atoms with Gasteiger partial charge in [0.25, 0.3) is 5.91 Å². The first-order chi connectivity index (χ1) is 14.8. The summed E-state index contributed by atoms with van der Waals surface area (Å²) in [5.74, 6) is -0.417. The van der Waals surface area contributed by atoms with Crippen LogP contribution < -0.4 is 15.0 Å². The number of carbonyl (C=O) groups excluding carboxylic acids is 2. The maximum absolute atomic E-state index is 13.2. The van der Waals surface area contributed by atoms with Crippen molar-refractivity contribution in [2.75, 3.05) is 37.0 Å². The lowest BCUT2D eigenvalue weighted by Crippen LogP contribution is -2.46. The Hall–Kier alpha value is -2.91. The highest BCUT2D eigenvalue weighted by Crippen LogP contribution is 2.32. The minimum Gasteiger partial charge on any atom is -0.482 e. The van der Waals surface area contributed by atoms with E-state index >= 15 is 0 Å². The maximum Gasteiger partial charge on any atom is 0.262 e. The summed E-state index contributed by atoms with van der Waals surface area (Å²) in [6.07, 6.45) is 1.23. The second kappa shape index (κ2) is 8.32. The summed E-state index contributed by atoms with van der Waals surface area (Å²) in [6.45, 7) is 2.36. The van der Waals surface area contributed by atoms with Gasteiger partial charge < -0.3 is 15.0 Å². The molecule has 31 heavy (non-hydrogen) atoms. The molecule has 2 aromatic carbocycles. The van der Waals surface area contributed by atoms with Crippen molar-refractivity contribution in [3.05, 3.63) is 48.0 Å². The molecule has 8 nitrogen and oxygen atoms in total. The third kappa shape index (κ3) is 4.28. The van der Waals surface area contributed by atoms with Crippen molar-refractivity contribution in [3.63, 3.8) is 0 Å². The number of aryl methyl sites for hydroxylation is 1. The fraction of sp³-hybridized carbons (Fsp3) is 0.364. The summed E-state index contributed by atoms with van der Waals surface area (Å²) >= 11 is 0. The van der Waals surface area contributed by atoms with Crippen LogP contribution in [0.2, 0.25) is 0 Å².